The van der Waals surface area contributed by atoms with Crippen LogP contribution in [-0.4, -0.2) is 44.0 Å². The third-order valence-electron chi connectivity index (χ3n) is 3.28. The third-order valence-corrected chi connectivity index (χ3v) is 4.21. The van der Waals surface area contributed by atoms with Crippen molar-refractivity contribution in [3.63, 3.8) is 0 Å². The summed E-state index contributed by atoms with van der Waals surface area (Å²) in [7, 11) is 0. The summed E-state index contributed by atoms with van der Waals surface area (Å²) in [5, 5.41) is 8.38. The van der Waals surface area contributed by atoms with Crippen molar-refractivity contribution in [1.29, 1.82) is 0 Å². The molecular weight excluding hydrogens is 250 g/mol. The van der Waals surface area contributed by atoms with Gasteiger partial charge in [0.05, 0.1) is 5.75 Å². The Morgan fingerprint density at radius 1 is 1.50 bits per heavy atom. The van der Waals surface area contributed by atoms with Gasteiger partial charge in [-0.05, 0) is 33.1 Å². The first-order valence-corrected chi connectivity index (χ1v) is 7.17. The summed E-state index contributed by atoms with van der Waals surface area (Å²) in [6.07, 6.45) is 3.42. The van der Waals surface area contributed by atoms with Crippen LogP contribution in [0.25, 0.3) is 0 Å². The van der Waals surface area contributed by atoms with Crippen LogP contribution in [0.2, 0.25) is 0 Å². The lowest BCUT2D eigenvalue weighted by atomic mass is 10.0. The van der Waals surface area contributed by atoms with Gasteiger partial charge in [-0.2, -0.15) is 0 Å². The van der Waals surface area contributed by atoms with Crippen LogP contribution >= 0.6 is 11.8 Å². The van der Waals surface area contributed by atoms with Gasteiger partial charge in [-0.1, -0.05) is 11.8 Å². The van der Waals surface area contributed by atoms with Gasteiger partial charge in [0.2, 0.25) is 11.1 Å². The normalized spacial score (nSPS) is 20.1. The van der Waals surface area contributed by atoms with Crippen LogP contribution in [-0.2, 0) is 4.79 Å². The number of hydrogen-bond donors (Lipinski definition) is 1. The Hall–Kier alpha value is -1.24. The van der Waals surface area contributed by atoms with Gasteiger partial charge in [0.25, 0.3) is 0 Å². The molecule has 0 unspecified atom stereocenters. The second-order valence-electron chi connectivity index (χ2n) is 4.62. The first-order valence-electron chi connectivity index (χ1n) is 6.19. The Morgan fingerprint density at radius 2 is 2.28 bits per heavy atom. The maximum Gasteiger partial charge on any atom is 0.233 e. The van der Waals surface area contributed by atoms with E-state index in [2.05, 4.69) is 17.1 Å². The minimum Gasteiger partial charge on any atom is -0.339 e. The molecule has 1 fully saturated rings. The van der Waals surface area contributed by atoms with Crippen molar-refractivity contribution >= 4 is 17.7 Å². The summed E-state index contributed by atoms with van der Waals surface area (Å²) in [4.78, 5) is 14.1. The highest BCUT2D eigenvalue weighted by Gasteiger charge is 2.23. The van der Waals surface area contributed by atoms with Gasteiger partial charge in [0, 0.05) is 12.6 Å². The van der Waals surface area contributed by atoms with Crippen molar-refractivity contribution in [2.24, 2.45) is 0 Å². The summed E-state index contributed by atoms with van der Waals surface area (Å²) in [6.45, 7) is 4.76. The maximum absolute atomic E-state index is 12.1. The molecule has 2 heterocycles. The van der Waals surface area contributed by atoms with Crippen molar-refractivity contribution in [3.8, 4) is 0 Å². The smallest absolute Gasteiger partial charge is 0.233 e. The first-order chi connectivity index (χ1) is 8.59. The second kappa shape index (κ2) is 5.60. The fourth-order valence-electron chi connectivity index (χ4n) is 2.13. The molecule has 1 atom stereocenters. The molecule has 2 rings (SSSR count). The summed E-state index contributed by atoms with van der Waals surface area (Å²) in [6, 6.07) is 0.351. The van der Waals surface area contributed by atoms with Crippen LogP contribution in [0.3, 0.4) is 0 Å². The van der Waals surface area contributed by atoms with E-state index in [-0.39, 0.29) is 5.91 Å². The van der Waals surface area contributed by atoms with Crippen molar-refractivity contribution in [3.05, 3.63) is 5.82 Å². The van der Waals surface area contributed by atoms with E-state index < -0.39 is 0 Å². The fourth-order valence-corrected chi connectivity index (χ4v) is 2.91. The van der Waals surface area contributed by atoms with Crippen molar-refractivity contribution in [1.82, 2.24) is 19.8 Å². The molecule has 0 saturated carbocycles. The number of nitrogens with two attached hydrogens (primary N) is 1. The van der Waals surface area contributed by atoms with Gasteiger partial charge in [0.15, 0.2) is 0 Å². The highest BCUT2D eigenvalue weighted by Crippen LogP contribution is 2.20. The van der Waals surface area contributed by atoms with Crippen LogP contribution in [0.5, 0.6) is 0 Å². The van der Waals surface area contributed by atoms with E-state index in [0.29, 0.717) is 22.8 Å². The molecule has 6 nitrogen and oxygen atoms in total. The largest absolute Gasteiger partial charge is 0.339 e. The summed E-state index contributed by atoms with van der Waals surface area (Å²) >= 11 is 1.34. The van der Waals surface area contributed by atoms with E-state index in [9.17, 15) is 4.79 Å². The predicted molar refractivity (Wildman–Crippen MR) is 70.7 cm³/mol. The zero-order valence-electron chi connectivity index (χ0n) is 10.8. The molecule has 1 aliphatic heterocycles. The lowest BCUT2D eigenvalue weighted by molar-refractivity contribution is -0.131. The lowest BCUT2D eigenvalue weighted by Gasteiger charge is -2.33. The number of thioether (sulfide) groups is 1. The number of aromatic nitrogens is 3. The van der Waals surface area contributed by atoms with E-state index in [1.807, 2.05) is 4.90 Å². The minimum atomic E-state index is 0.160. The zero-order valence-corrected chi connectivity index (χ0v) is 11.6. The first kappa shape index (κ1) is 13.2. The molecule has 0 aromatic carbocycles. The topological polar surface area (TPSA) is 77.0 Å². The number of carbonyl (C=O) groups is 1. The van der Waals surface area contributed by atoms with Gasteiger partial charge < -0.3 is 10.7 Å². The van der Waals surface area contributed by atoms with Crippen LogP contribution in [0.1, 0.15) is 32.0 Å². The number of aryl methyl sites for hydroxylation is 1. The molecule has 2 N–H and O–H groups in total. The Balaban J connectivity index is 1.90. The second-order valence-corrected chi connectivity index (χ2v) is 5.56. The van der Waals surface area contributed by atoms with E-state index in [4.69, 9.17) is 5.84 Å². The number of amides is 1. The van der Waals surface area contributed by atoms with Gasteiger partial charge in [0.1, 0.15) is 5.82 Å². The molecule has 1 aromatic heterocycles. The molecule has 0 spiro atoms. The van der Waals surface area contributed by atoms with Crippen molar-refractivity contribution < 1.29 is 4.79 Å². The van der Waals surface area contributed by atoms with Crippen molar-refractivity contribution in [2.75, 3.05) is 18.1 Å². The molecule has 1 aliphatic rings. The number of hydrogen-bond acceptors (Lipinski definition) is 5. The average molecular weight is 269 g/mol. The average Bonchev–Trinajstić information content (AvgIpc) is 2.68. The Labute approximate surface area is 111 Å². The molecule has 100 valence electrons. The quantitative estimate of drug-likeness (QED) is 0.648. The molecule has 18 heavy (non-hydrogen) atoms. The number of rotatable bonds is 3. The molecular formula is C11H19N5OS. The lowest BCUT2D eigenvalue weighted by Crippen LogP contribution is -2.43. The summed E-state index contributed by atoms with van der Waals surface area (Å²) < 4.78 is 1.41. The van der Waals surface area contributed by atoms with Crippen LogP contribution in [0.4, 0.5) is 0 Å². The number of likely N-dealkylation sites (tertiary alicyclic amines) is 1. The number of carbonyl (C=O) groups excluding carboxylic acids is 1. The Morgan fingerprint density at radius 3 is 2.89 bits per heavy atom. The van der Waals surface area contributed by atoms with Crippen molar-refractivity contribution in [2.45, 2.75) is 44.3 Å². The van der Waals surface area contributed by atoms with E-state index in [1.54, 1.807) is 6.92 Å². The monoisotopic (exact) mass is 269 g/mol. The number of nitrogens with zero attached hydrogens (tertiary/aromatic N) is 4. The summed E-state index contributed by atoms with van der Waals surface area (Å²) in [5.41, 5.74) is 0. The molecule has 0 radical (unpaired) electrons. The molecule has 7 heteroatoms. The molecule has 0 bridgehead atoms. The van der Waals surface area contributed by atoms with Crippen LogP contribution in [0.15, 0.2) is 5.16 Å². The van der Waals surface area contributed by atoms with Gasteiger partial charge in [-0.3, -0.25) is 4.79 Å². The fraction of sp³-hybridized carbons (Fsp3) is 0.727. The van der Waals surface area contributed by atoms with Crippen LogP contribution < -0.4 is 5.84 Å². The molecule has 1 saturated heterocycles. The molecule has 0 aliphatic carbocycles. The SMILES string of the molecule is Cc1nnc(SCC(=O)N2CCCC[C@@H]2C)n1N. The maximum atomic E-state index is 12.1. The predicted octanol–water partition coefficient (Wildman–Crippen LogP) is 0.793. The minimum absolute atomic E-state index is 0.160. The standard InChI is InChI=1S/C11H19N5OS/c1-8-5-3-4-6-15(8)10(17)7-18-11-14-13-9(2)16(11)12/h8H,3-7,12H2,1-2H3/t8-/m0/s1. The van der Waals surface area contributed by atoms with Gasteiger partial charge in [-0.15, -0.1) is 10.2 Å². The van der Waals surface area contributed by atoms with Crippen LogP contribution in [0, 0.1) is 6.92 Å². The van der Waals surface area contributed by atoms with E-state index in [1.165, 1.54) is 22.9 Å². The number of piperidine rings is 1. The Bertz CT molecular complexity index is 433. The van der Waals surface area contributed by atoms with E-state index in [0.717, 1.165) is 19.4 Å². The van der Waals surface area contributed by atoms with E-state index >= 15 is 0 Å². The highest BCUT2D eigenvalue weighted by molar-refractivity contribution is 7.99. The zero-order chi connectivity index (χ0) is 13.1. The van der Waals surface area contributed by atoms with Gasteiger partial charge >= 0.3 is 0 Å². The summed E-state index contributed by atoms with van der Waals surface area (Å²) in [5.74, 6) is 6.92. The molecule has 1 aromatic rings. The number of nitrogen functional groups attached to an aromatic ring is 1. The molecule has 1 amide bonds. The third kappa shape index (κ3) is 2.77. The highest BCUT2D eigenvalue weighted by atomic mass is 32.2. The Kier molecular flexibility index (Phi) is 4.11. The van der Waals surface area contributed by atoms with Gasteiger partial charge in [-0.25, -0.2) is 4.68 Å².